The van der Waals surface area contributed by atoms with Gasteiger partial charge in [0.05, 0.1) is 12.8 Å². The molecule has 8 heteroatoms. The third-order valence-electron chi connectivity index (χ3n) is 5.46. The molecule has 1 aliphatic carbocycles. The lowest BCUT2D eigenvalue weighted by Gasteiger charge is -2.37. The number of nitrogens with zero attached hydrogens (tertiary/aromatic N) is 3. The van der Waals surface area contributed by atoms with Crippen LogP contribution in [-0.4, -0.2) is 55.2 Å². The summed E-state index contributed by atoms with van der Waals surface area (Å²) in [5.74, 6) is 1.40. The van der Waals surface area contributed by atoms with Gasteiger partial charge in [-0.15, -0.1) is 0 Å². The van der Waals surface area contributed by atoms with Crippen LogP contribution in [0.2, 0.25) is 0 Å². The zero-order valence-electron chi connectivity index (χ0n) is 16.1. The molecule has 0 bridgehead atoms. The molecule has 0 unspecified atom stereocenters. The van der Waals surface area contributed by atoms with Crippen LogP contribution < -0.4 is 15.0 Å². The molecular formula is C20H24N4O4. The molecule has 0 radical (unpaired) electrons. The van der Waals surface area contributed by atoms with E-state index in [-0.39, 0.29) is 11.8 Å². The van der Waals surface area contributed by atoms with E-state index in [4.69, 9.17) is 9.26 Å². The first-order valence-electron chi connectivity index (χ1n) is 9.45. The minimum absolute atomic E-state index is 0.0927. The van der Waals surface area contributed by atoms with Crippen LogP contribution in [0.1, 0.15) is 18.6 Å². The van der Waals surface area contributed by atoms with E-state index in [1.54, 1.807) is 25.0 Å². The molecule has 2 aromatic rings. The number of benzene rings is 1. The van der Waals surface area contributed by atoms with Crippen molar-refractivity contribution in [1.29, 1.82) is 0 Å². The number of piperazine rings is 1. The molecule has 2 fully saturated rings. The van der Waals surface area contributed by atoms with Crippen molar-refractivity contribution in [2.75, 3.05) is 43.5 Å². The summed E-state index contributed by atoms with van der Waals surface area (Å²) in [5, 5.41) is 6.50. The first-order chi connectivity index (χ1) is 13.5. The second kappa shape index (κ2) is 7.18. The highest BCUT2D eigenvalue weighted by molar-refractivity contribution is 6.12. The van der Waals surface area contributed by atoms with E-state index in [0.29, 0.717) is 50.6 Å². The van der Waals surface area contributed by atoms with Crippen LogP contribution in [0, 0.1) is 12.3 Å². The average molecular weight is 384 g/mol. The van der Waals surface area contributed by atoms with Gasteiger partial charge in [-0.2, -0.15) is 0 Å². The monoisotopic (exact) mass is 384 g/mol. The summed E-state index contributed by atoms with van der Waals surface area (Å²) >= 11 is 0. The molecular weight excluding hydrogens is 360 g/mol. The van der Waals surface area contributed by atoms with Crippen LogP contribution in [0.15, 0.2) is 34.9 Å². The molecule has 1 aromatic heterocycles. The van der Waals surface area contributed by atoms with Gasteiger partial charge in [0.1, 0.15) is 16.9 Å². The number of anilines is 2. The van der Waals surface area contributed by atoms with Gasteiger partial charge < -0.3 is 24.4 Å². The van der Waals surface area contributed by atoms with Gasteiger partial charge in [0.15, 0.2) is 5.82 Å². The smallest absolute Gasteiger partial charge is 0.241 e. The number of hydrogen-bond acceptors (Lipinski definition) is 6. The van der Waals surface area contributed by atoms with Crippen LogP contribution in [0.4, 0.5) is 11.5 Å². The van der Waals surface area contributed by atoms with Crippen LogP contribution in [-0.2, 0) is 9.59 Å². The fraction of sp³-hybridized carbons (Fsp3) is 0.450. The summed E-state index contributed by atoms with van der Waals surface area (Å²) in [7, 11) is 1.66. The summed E-state index contributed by atoms with van der Waals surface area (Å²) in [6, 6.07) is 9.51. The molecule has 1 N–H and O–H groups in total. The number of carbonyl (C=O) groups excluding carboxylic acids is 2. The van der Waals surface area contributed by atoms with Crippen LogP contribution in [0.5, 0.6) is 5.75 Å². The van der Waals surface area contributed by atoms with Gasteiger partial charge in [0.2, 0.25) is 11.8 Å². The van der Waals surface area contributed by atoms with E-state index < -0.39 is 5.41 Å². The van der Waals surface area contributed by atoms with Crippen molar-refractivity contribution in [1.82, 2.24) is 10.1 Å². The number of aryl methyl sites for hydroxylation is 1. The number of rotatable bonds is 5. The maximum atomic E-state index is 13.1. The van der Waals surface area contributed by atoms with Gasteiger partial charge in [-0.05, 0) is 31.9 Å². The number of para-hydroxylation sites is 2. The Morgan fingerprint density at radius 3 is 2.50 bits per heavy atom. The van der Waals surface area contributed by atoms with Gasteiger partial charge >= 0.3 is 0 Å². The van der Waals surface area contributed by atoms with Gasteiger partial charge in [0.25, 0.3) is 0 Å². The fourth-order valence-corrected chi connectivity index (χ4v) is 3.67. The first-order valence-corrected chi connectivity index (χ1v) is 9.45. The number of methoxy groups -OCH3 is 1. The van der Waals surface area contributed by atoms with Gasteiger partial charge in [-0.25, -0.2) is 0 Å². The van der Waals surface area contributed by atoms with E-state index in [2.05, 4.69) is 15.4 Å². The molecule has 2 heterocycles. The molecule has 0 atom stereocenters. The van der Waals surface area contributed by atoms with Crippen LogP contribution in [0.25, 0.3) is 0 Å². The number of nitrogens with one attached hydrogen (secondary N) is 1. The lowest BCUT2D eigenvalue weighted by atomic mass is 10.0. The summed E-state index contributed by atoms with van der Waals surface area (Å²) in [4.78, 5) is 29.8. The minimum Gasteiger partial charge on any atom is -0.495 e. The van der Waals surface area contributed by atoms with E-state index in [0.717, 1.165) is 11.4 Å². The quantitative estimate of drug-likeness (QED) is 0.794. The lowest BCUT2D eigenvalue weighted by molar-refractivity contribution is -0.142. The van der Waals surface area contributed by atoms with Crippen molar-refractivity contribution in [3.63, 3.8) is 0 Å². The third-order valence-corrected chi connectivity index (χ3v) is 5.46. The fourth-order valence-electron chi connectivity index (χ4n) is 3.67. The Bertz CT molecular complexity index is 882. The molecule has 2 amide bonds. The van der Waals surface area contributed by atoms with Crippen molar-refractivity contribution >= 4 is 23.3 Å². The first kappa shape index (κ1) is 18.3. The third kappa shape index (κ3) is 3.30. The Kier molecular flexibility index (Phi) is 4.70. The van der Waals surface area contributed by atoms with E-state index in [1.165, 1.54) is 0 Å². The minimum atomic E-state index is -0.959. The zero-order chi connectivity index (χ0) is 19.7. The second-order valence-electron chi connectivity index (χ2n) is 7.31. The van der Waals surface area contributed by atoms with Crippen LogP contribution in [0.3, 0.4) is 0 Å². The maximum Gasteiger partial charge on any atom is 0.241 e. The van der Waals surface area contributed by atoms with Crippen molar-refractivity contribution in [2.24, 2.45) is 5.41 Å². The van der Waals surface area contributed by atoms with Gasteiger partial charge in [-0.3, -0.25) is 9.59 Å². The average Bonchev–Trinajstić information content (AvgIpc) is 3.44. The molecule has 8 nitrogen and oxygen atoms in total. The predicted octanol–water partition coefficient (Wildman–Crippen LogP) is 2.06. The second-order valence-corrected chi connectivity index (χ2v) is 7.31. The molecule has 148 valence electrons. The largest absolute Gasteiger partial charge is 0.495 e. The Morgan fingerprint density at radius 2 is 1.89 bits per heavy atom. The number of aromatic nitrogens is 1. The van der Waals surface area contributed by atoms with E-state index in [1.807, 2.05) is 24.3 Å². The van der Waals surface area contributed by atoms with Crippen molar-refractivity contribution in [3.05, 3.63) is 36.1 Å². The summed E-state index contributed by atoms with van der Waals surface area (Å²) in [6.45, 7) is 4.31. The molecule has 28 heavy (non-hydrogen) atoms. The summed E-state index contributed by atoms with van der Waals surface area (Å²) in [6.07, 6.45) is 1.14. The van der Waals surface area contributed by atoms with E-state index in [9.17, 15) is 9.59 Å². The lowest BCUT2D eigenvalue weighted by Crippen LogP contribution is -2.52. The molecule has 1 aromatic carbocycles. The SMILES string of the molecule is COc1ccccc1N1CCN(C(=O)C2(C(=O)Nc3cc(C)on3)CC2)CC1. The van der Waals surface area contributed by atoms with Crippen molar-refractivity contribution in [3.8, 4) is 5.75 Å². The summed E-state index contributed by atoms with van der Waals surface area (Å²) in [5.41, 5.74) is 0.0665. The molecule has 1 saturated carbocycles. The summed E-state index contributed by atoms with van der Waals surface area (Å²) < 4.78 is 10.4. The number of carbonyl (C=O) groups is 2. The van der Waals surface area contributed by atoms with Gasteiger partial charge in [-0.1, -0.05) is 17.3 Å². The maximum absolute atomic E-state index is 13.1. The molecule has 1 aliphatic heterocycles. The van der Waals surface area contributed by atoms with Crippen molar-refractivity contribution in [2.45, 2.75) is 19.8 Å². The standard InChI is InChI=1S/C20H24N4O4/c1-14-13-17(22-28-14)21-18(25)20(7-8-20)19(26)24-11-9-23(10-12-24)15-5-3-4-6-16(15)27-2/h3-6,13H,7-12H2,1-2H3,(H,21,22,25). The van der Waals surface area contributed by atoms with Crippen LogP contribution >= 0.6 is 0 Å². The Hall–Kier alpha value is -3.03. The normalized spacial score (nSPS) is 17.9. The Balaban J connectivity index is 1.39. The highest BCUT2D eigenvalue weighted by Crippen LogP contribution is 2.48. The highest BCUT2D eigenvalue weighted by Gasteiger charge is 2.58. The number of hydrogen-bond donors (Lipinski definition) is 1. The zero-order valence-corrected chi connectivity index (χ0v) is 16.1. The van der Waals surface area contributed by atoms with Gasteiger partial charge in [0, 0.05) is 32.2 Å². The topological polar surface area (TPSA) is 87.9 Å². The Labute approximate surface area is 163 Å². The Morgan fingerprint density at radius 1 is 1.18 bits per heavy atom. The molecule has 0 spiro atoms. The number of ether oxygens (including phenoxy) is 1. The molecule has 2 aliphatic rings. The number of amides is 2. The highest BCUT2D eigenvalue weighted by atomic mass is 16.5. The molecule has 4 rings (SSSR count). The van der Waals surface area contributed by atoms with Crippen molar-refractivity contribution < 1.29 is 18.8 Å². The van der Waals surface area contributed by atoms with E-state index >= 15 is 0 Å². The molecule has 1 saturated heterocycles. The predicted molar refractivity (Wildman–Crippen MR) is 103 cm³/mol.